The number of nitrogens with zero attached hydrogens (tertiary/aromatic N) is 1. The molecule has 1 unspecified atom stereocenters. The standard InChI is InChI=1S/C14H21BrN2/c1-11-5-3-7-13(14(11)15)16-9-12-6-4-8-17(2)10-12/h3,5,7,12,16H,4,6,8-10H2,1-2H3. The number of benzene rings is 1. The largest absolute Gasteiger partial charge is 0.384 e. The first-order chi connectivity index (χ1) is 8.16. The monoisotopic (exact) mass is 296 g/mol. The summed E-state index contributed by atoms with van der Waals surface area (Å²) in [5, 5.41) is 3.57. The van der Waals surface area contributed by atoms with Crippen molar-refractivity contribution in [2.24, 2.45) is 5.92 Å². The highest BCUT2D eigenvalue weighted by Gasteiger charge is 2.17. The van der Waals surface area contributed by atoms with Gasteiger partial charge in [0.2, 0.25) is 0 Å². The number of piperidine rings is 1. The Balaban J connectivity index is 1.91. The highest BCUT2D eigenvalue weighted by Crippen LogP contribution is 2.26. The molecule has 1 fully saturated rings. The van der Waals surface area contributed by atoms with E-state index in [2.05, 4.69) is 58.3 Å². The Morgan fingerprint density at radius 2 is 2.29 bits per heavy atom. The molecule has 1 aliphatic heterocycles. The number of nitrogens with one attached hydrogen (secondary N) is 1. The third-order valence-corrected chi connectivity index (χ3v) is 4.55. The Morgan fingerprint density at radius 1 is 1.47 bits per heavy atom. The lowest BCUT2D eigenvalue weighted by Gasteiger charge is -2.30. The van der Waals surface area contributed by atoms with E-state index < -0.39 is 0 Å². The van der Waals surface area contributed by atoms with Crippen LogP contribution in [0.4, 0.5) is 5.69 Å². The third kappa shape index (κ3) is 3.46. The van der Waals surface area contributed by atoms with Crippen LogP contribution in [0, 0.1) is 12.8 Å². The molecule has 0 aromatic heterocycles. The predicted octanol–water partition coefficient (Wildman–Crippen LogP) is 3.51. The van der Waals surface area contributed by atoms with E-state index in [1.165, 1.54) is 41.7 Å². The van der Waals surface area contributed by atoms with Crippen LogP contribution in [0.3, 0.4) is 0 Å². The zero-order chi connectivity index (χ0) is 12.3. The van der Waals surface area contributed by atoms with Crippen LogP contribution in [-0.4, -0.2) is 31.6 Å². The Hall–Kier alpha value is -0.540. The van der Waals surface area contributed by atoms with Gasteiger partial charge in [-0.15, -0.1) is 0 Å². The summed E-state index contributed by atoms with van der Waals surface area (Å²) in [6.07, 6.45) is 2.68. The lowest BCUT2D eigenvalue weighted by molar-refractivity contribution is 0.217. The fourth-order valence-corrected chi connectivity index (χ4v) is 2.88. The molecule has 0 amide bonds. The smallest absolute Gasteiger partial charge is 0.0487 e. The molecule has 0 saturated carbocycles. The van der Waals surface area contributed by atoms with Crippen molar-refractivity contribution in [3.63, 3.8) is 0 Å². The Morgan fingerprint density at radius 3 is 3.06 bits per heavy atom. The normalized spacial score (nSPS) is 21.5. The second-order valence-electron chi connectivity index (χ2n) is 5.09. The number of aryl methyl sites for hydroxylation is 1. The summed E-state index contributed by atoms with van der Waals surface area (Å²) >= 11 is 3.64. The van der Waals surface area contributed by atoms with Gasteiger partial charge in [-0.25, -0.2) is 0 Å². The molecule has 1 aliphatic rings. The van der Waals surface area contributed by atoms with Gasteiger partial charge in [-0.3, -0.25) is 0 Å². The topological polar surface area (TPSA) is 15.3 Å². The van der Waals surface area contributed by atoms with Gasteiger partial charge in [0.25, 0.3) is 0 Å². The van der Waals surface area contributed by atoms with Gasteiger partial charge in [-0.2, -0.15) is 0 Å². The number of hydrogen-bond acceptors (Lipinski definition) is 2. The first-order valence-electron chi connectivity index (χ1n) is 6.34. The number of hydrogen-bond donors (Lipinski definition) is 1. The molecular formula is C14H21BrN2. The Kier molecular flexibility index (Phi) is 4.46. The summed E-state index contributed by atoms with van der Waals surface area (Å²) in [7, 11) is 2.22. The van der Waals surface area contributed by atoms with E-state index in [0.717, 1.165) is 12.5 Å². The molecule has 1 aromatic carbocycles. The van der Waals surface area contributed by atoms with Crippen LogP contribution in [0.15, 0.2) is 22.7 Å². The van der Waals surface area contributed by atoms with Gasteiger partial charge < -0.3 is 10.2 Å². The van der Waals surface area contributed by atoms with Crippen molar-refractivity contribution in [1.82, 2.24) is 4.90 Å². The van der Waals surface area contributed by atoms with Crippen LogP contribution in [0.1, 0.15) is 18.4 Å². The van der Waals surface area contributed by atoms with Crippen LogP contribution < -0.4 is 5.32 Å². The Labute approximate surface area is 113 Å². The van der Waals surface area contributed by atoms with E-state index in [1.807, 2.05) is 0 Å². The summed E-state index contributed by atoms with van der Waals surface area (Å²) in [6, 6.07) is 6.38. The van der Waals surface area contributed by atoms with Crippen LogP contribution in [-0.2, 0) is 0 Å². The van der Waals surface area contributed by atoms with Crippen molar-refractivity contribution in [1.29, 1.82) is 0 Å². The van der Waals surface area contributed by atoms with E-state index in [4.69, 9.17) is 0 Å². The summed E-state index contributed by atoms with van der Waals surface area (Å²) in [5.74, 6) is 0.779. The third-order valence-electron chi connectivity index (χ3n) is 3.50. The van der Waals surface area contributed by atoms with Crippen molar-refractivity contribution in [3.8, 4) is 0 Å². The molecular weight excluding hydrogens is 276 g/mol. The fraction of sp³-hybridized carbons (Fsp3) is 0.571. The van der Waals surface area contributed by atoms with E-state index >= 15 is 0 Å². The minimum Gasteiger partial charge on any atom is -0.384 e. The number of likely N-dealkylation sites (tertiary alicyclic amines) is 1. The average molecular weight is 297 g/mol. The summed E-state index contributed by atoms with van der Waals surface area (Å²) in [4.78, 5) is 2.43. The van der Waals surface area contributed by atoms with Crippen molar-refractivity contribution >= 4 is 21.6 Å². The van der Waals surface area contributed by atoms with Gasteiger partial charge in [-0.05, 0) is 66.8 Å². The molecule has 0 radical (unpaired) electrons. The van der Waals surface area contributed by atoms with E-state index in [-0.39, 0.29) is 0 Å². The molecule has 0 aliphatic carbocycles. The van der Waals surface area contributed by atoms with Crippen molar-refractivity contribution in [2.75, 3.05) is 32.0 Å². The second-order valence-corrected chi connectivity index (χ2v) is 5.88. The highest BCUT2D eigenvalue weighted by atomic mass is 79.9. The summed E-state index contributed by atoms with van der Waals surface area (Å²) in [5.41, 5.74) is 2.51. The molecule has 0 spiro atoms. The average Bonchev–Trinajstić information content (AvgIpc) is 2.31. The fourth-order valence-electron chi connectivity index (χ4n) is 2.48. The molecule has 3 heteroatoms. The van der Waals surface area contributed by atoms with Crippen LogP contribution in [0.5, 0.6) is 0 Å². The summed E-state index contributed by atoms with van der Waals surface area (Å²) < 4.78 is 1.20. The quantitative estimate of drug-likeness (QED) is 0.918. The van der Waals surface area contributed by atoms with Gasteiger partial charge in [0.15, 0.2) is 0 Å². The van der Waals surface area contributed by atoms with Gasteiger partial charge in [-0.1, -0.05) is 12.1 Å². The van der Waals surface area contributed by atoms with Gasteiger partial charge >= 0.3 is 0 Å². The second kappa shape index (κ2) is 5.87. The molecule has 17 heavy (non-hydrogen) atoms. The zero-order valence-corrected chi connectivity index (χ0v) is 12.3. The molecule has 2 rings (SSSR count). The molecule has 1 aromatic rings. The van der Waals surface area contributed by atoms with Crippen LogP contribution in [0.25, 0.3) is 0 Å². The Bertz CT molecular complexity index is 378. The predicted molar refractivity (Wildman–Crippen MR) is 77.6 cm³/mol. The minimum absolute atomic E-state index is 0.779. The molecule has 1 atom stereocenters. The van der Waals surface area contributed by atoms with Crippen LogP contribution >= 0.6 is 15.9 Å². The highest BCUT2D eigenvalue weighted by molar-refractivity contribution is 9.10. The first-order valence-corrected chi connectivity index (χ1v) is 7.13. The van der Waals surface area contributed by atoms with Crippen molar-refractivity contribution < 1.29 is 0 Å². The van der Waals surface area contributed by atoms with Crippen molar-refractivity contribution in [3.05, 3.63) is 28.2 Å². The molecule has 1 saturated heterocycles. The lowest BCUT2D eigenvalue weighted by Crippen LogP contribution is -2.35. The van der Waals surface area contributed by atoms with Crippen molar-refractivity contribution in [2.45, 2.75) is 19.8 Å². The molecule has 94 valence electrons. The van der Waals surface area contributed by atoms with Gasteiger partial charge in [0, 0.05) is 23.2 Å². The van der Waals surface area contributed by atoms with Crippen LogP contribution in [0.2, 0.25) is 0 Å². The zero-order valence-electron chi connectivity index (χ0n) is 10.7. The maximum atomic E-state index is 3.64. The molecule has 1 N–H and O–H groups in total. The summed E-state index contributed by atoms with van der Waals surface area (Å²) in [6.45, 7) is 5.68. The number of anilines is 1. The van der Waals surface area contributed by atoms with E-state index in [9.17, 15) is 0 Å². The first kappa shape index (κ1) is 12.9. The van der Waals surface area contributed by atoms with Gasteiger partial charge in [0.1, 0.15) is 0 Å². The molecule has 0 bridgehead atoms. The SMILES string of the molecule is Cc1cccc(NCC2CCCN(C)C2)c1Br. The van der Waals surface area contributed by atoms with Gasteiger partial charge in [0.05, 0.1) is 0 Å². The lowest BCUT2D eigenvalue weighted by atomic mass is 9.98. The maximum absolute atomic E-state index is 3.64. The molecule has 2 nitrogen and oxygen atoms in total. The maximum Gasteiger partial charge on any atom is 0.0487 e. The van der Waals surface area contributed by atoms with E-state index in [0.29, 0.717) is 0 Å². The molecule has 1 heterocycles. The minimum atomic E-state index is 0.779. The number of rotatable bonds is 3. The van der Waals surface area contributed by atoms with E-state index in [1.54, 1.807) is 0 Å². The number of halogens is 1.